The van der Waals surface area contributed by atoms with Crippen LogP contribution < -0.4 is 0 Å². The summed E-state index contributed by atoms with van der Waals surface area (Å²) < 4.78 is 2.14. The van der Waals surface area contributed by atoms with E-state index in [-0.39, 0.29) is 5.92 Å². The highest BCUT2D eigenvalue weighted by molar-refractivity contribution is 5.25. The second kappa shape index (κ2) is 5.87. The van der Waals surface area contributed by atoms with Gasteiger partial charge in [0.15, 0.2) is 0 Å². The molecule has 4 nitrogen and oxygen atoms in total. The van der Waals surface area contributed by atoms with Gasteiger partial charge in [0.05, 0.1) is 24.1 Å². The lowest BCUT2D eigenvalue weighted by Crippen LogP contribution is -2.10. The van der Waals surface area contributed by atoms with Crippen molar-refractivity contribution in [2.75, 3.05) is 0 Å². The molecule has 0 amide bonds. The van der Waals surface area contributed by atoms with E-state index in [4.69, 9.17) is 0 Å². The maximum absolute atomic E-state index is 4.52. The zero-order valence-electron chi connectivity index (χ0n) is 12.3. The minimum absolute atomic E-state index is 0.250. The van der Waals surface area contributed by atoms with Crippen LogP contribution in [0.15, 0.2) is 55.1 Å². The summed E-state index contributed by atoms with van der Waals surface area (Å²) in [7, 11) is 0. The maximum Gasteiger partial charge on any atom is 0.116 e. The van der Waals surface area contributed by atoms with Crippen LogP contribution in [0.5, 0.6) is 0 Å². The molecule has 1 aromatic carbocycles. The Morgan fingerprint density at radius 1 is 1.05 bits per heavy atom. The SMILES string of the molecule is Cc1cnc(Cn2ccnc2[C@H](C)c2ccccc2)cn1. The smallest absolute Gasteiger partial charge is 0.116 e. The van der Waals surface area contributed by atoms with Crippen LogP contribution in [0.3, 0.4) is 0 Å². The molecule has 0 spiro atoms. The van der Waals surface area contributed by atoms with Crippen LogP contribution in [-0.2, 0) is 6.54 Å². The van der Waals surface area contributed by atoms with E-state index in [9.17, 15) is 0 Å². The molecule has 21 heavy (non-hydrogen) atoms. The monoisotopic (exact) mass is 278 g/mol. The minimum Gasteiger partial charge on any atom is -0.328 e. The Kier molecular flexibility index (Phi) is 3.77. The van der Waals surface area contributed by atoms with Crippen LogP contribution in [0.1, 0.15) is 35.6 Å². The Morgan fingerprint density at radius 2 is 1.86 bits per heavy atom. The molecule has 1 atom stereocenters. The minimum atomic E-state index is 0.250. The molecule has 3 aromatic rings. The highest BCUT2D eigenvalue weighted by Crippen LogP contribution is 2.22. The van der Waals surface area contributed by atoms with Crippen molar-refractivity contribution in [2.45, 2.75) is 26.3 Å². The highest BCUT2D eigenvalue weighted by Gasteiger charge is 2.14. The molecule has 0 aliphatic carbocycles. The van der Waals surface area contributed by atoms with Gasteiger partial charge in [-0.05, 0) is 12.5 Å². The number of aryl methyl sites for hydroxylation is 1. The molecule has 0 unspecified atom stereocenters. The third-order valence-corrected chi connectivity index (χ3v) is 3.60. The summed E-state index contributed by atoms with van der Waals surface area (Å²) in [5.41, 5.74) is 3.14. The predicted molar refractivity (Wildman–Crippen MR) is 82.1 cm³/mol. The van der Waals surface area contributed by atoms with Gasteiger partial charge in [-0.2, -0.15) is 0 Å². The zero-order valence-corrected chi connectivity index (χ0v) is 12.3. The lowest BCUT2D eigenvalue weighted by molar-refractivity contribution is 0.676. The molecule has 0 saturated heterocycles. The van der Waals surface area contributed by atoms with Crippen molar-refractivity contribution in [3.63, 3.8) is 0 Å². The molecule has 0 aliphatic heterocycles. The van der Waals surface area contributed by atoms with Gasteiger partial charge in [0.2, 0.25) is 0 Å². The number of benzene rings is 1. The van der Waals surface area contributed by atoms with Crippen LogP contribution in [0, 0.1) is 6.92 Å². The standard InChI is InChI=1S/C17H18N4/c1-13-10-20-16(11-19-13)12-21-9-8-18-17(21)14(2)15-6-4-3-5-7-15/h3-11,14H,12H2,1-2H3/t14-/m1/s1. The summed E-state index contributed by atoms with van der Waals surface area (Å²) in [6.07, 6.45) is 7.46. The van der Waals surface area contributed by atoms with E-state index < -0.39 is 0 Å². The van der Waals surface area contributed by atoms with E-state index >= 15 is 0 Å². The summed E-state index contributed by atoms with van der Waals surface area (Å²) in [6.45, 7) is 4.81. The first-order valence-corrected chi connectivity index (χ1v) is 7.07. The Morgan fingerprint density at radius 3 is 2.57 bits per heavy atom. The van der Waals surface area contributed by atoms with Crippen molar-refractivity contribution in [1.29, 1.82) is 0 Å². The van der Waals surface area contributed by atoms with E-state index in [1.54, 1.807) is 6.20 Å². The van der Waals surface area contributed by atoms with Gasteiger partial charge in [0, 0.05) is 24.5 Å². The van der Waals surface area contributed by atoms with Crippen molar-refractivity contribution in [2.24, 2.45) is 0 Å². The average molecular weight is 278 g/mol. The Hall–Kier alpha value is -2.49. The second-order valence-electron chi connectivity index (χ2n) is 5.19. The van der Waals surface area contributed by atoms with Crippen molar-refractivity contribution in [3.8, 4) is 0 Å². The molecule has 3 rings (SSSR count). The number of hydrogen-bond acceptors (Lipinski definition) is 3. The van der Waals surface area contributed by atoms with Gasteiger partial charge in [-0.1, -0.05) is 37.3 Å². The molecule has 0 aliphatic rings. The van der Waals surface area contributed by atoms with Gasteiger partial charge < -0.3 is 4.57 Å². The Labute approximate surface area is 124 Å². The number of hydrogen-bond donors (Lipinski definition) is 0. The largest absolute Gasteiger partial charge is 0.328 e. The maximum atomic E-state index is 4.52. The van der Waals surface area contributed by atoms with Crippen LogP contribution in [0.4, 0.5) is 0 Å². The fourth-order valence-electron chi connectivity index (χ4n) is 2.40. The van der Waals surface area contributed by atoms with Gasteiger partial charge in [0.1, 0.15) is 5.82 Å². The zero-order chi connectivity index (χ0) is 14.7. The average Bonchev–Trinajstić information content (AvgIpc) is 2.98. The molecule has 2 heterocycles. The molecule has 0 fully saturated rings. The summed E-state index contributed by atoms with van der Waals surface area (Å²) in [6, 6.07) is 10.4. The molecule has 0 saturated carbocycles. The van der Waals surface area contributed by atoms with Crippen LogP contribution in [0.25, 0.3) is 0 Å². The van der Waals surface area contributed by atoms with E-state index in [1.807, 2.05) is 31.6 Å². The van der Waals surface area contributed by atoms with Crippen LogP contribution in [0.2, 0.25) is 0 Å². The third kappa shape index (κ3) is 2.99. The highest BCUT2D eigenvalue weighted by atomic mass is 15.1. The molecular weight excluding hydrogens is 260 g/mol. The molecule has 4 heteroatoms. The van der Waals surface area contributed by atoms with Gasteiger partial charge >= 0.3 is 0 Å². The lowest BCUT2D eigenvalue weighted by Gasteiger charge is -2.14. The normalized spacial score (nSPS) is 12.3. The fourth-order valence-corrected chi connectivity index (χ4v) is 2.40. The molecule has 2 aromatic heterocycles. The van der Waals surface area contributed by atoms with Gasteiger partial charge in [-0.3, -0.25) is 9.97 Å². The van der Waals surface area contributed by atoms with Gasteiger partial charge in [-0.25, -0.2) is 4.98 Å². The second-order valence-corrected chi connectivity index (χ2v) is 5.19. The summed E-state index contributed by atoms with van der Waals surface area (Å²) >= 11 is 0. The predicted octanol–water partition coefficient (Wildman–Crippen LogP) is 3.18. The first-order valence-electron chi connectivity index (χ1n) is 7.07. The van der Waals surface area contributed by atoms with Crippen molar-refractivity contribution in [1.82, 2.24) is 19.5 Å². The Bertz CT molecular complexity index is 701. The number of imidazole rings is 1. The number of aromatic nitrogens is 4. The summed E-state index contributed by atoms with van der Waals surface area (Å²) in [4.78, 5) is 13.2. The molecule has 106 valence electrons. The Balaban J connectivity index is 1.85. The topological polar surface area (TPSA) is 43.6 Å². The molecular formula is C17H18N4. The quantitative estimate of drug-likeness (QED) is 0.736. The third-order valence-electron chi connectivity index (χ3n) is 3.60. The first-order chi connectivity index (χ1) is 10.2. The summed E-state index contributed by atoms with van der Waals surface area (Å²) in [5, 5.41) is 0. The van der Waals surface area contributed by atoms with Gasteiger partial charge in [0.25, 0.3) is 0 Å². The first kappa shape index (κ1) is 13.5. The van der Waals surface area contributed by atoms with E-state index in [0.29, 0.717) is 6.54 Å². The van der Waals surface area contributed by atoms with E-state index in [0.717, 1.165) is 17.2 Å². The number of nitrogens with zero attached hydrogens (tertiary/aromatic N) is 4. The van der Waals surface area contributed by atoms with Crippen molar-refractivity contribution >= 4 is 0 Å². The van der Waals surface area contributed by atoms with E-state index in [2.05, 4.69) is 50.7 Å². The molecule has 0 radical (unpaired) electrons. The fraction of sp³-hybridized carbons (Fsp3) is 0.235. The molecule has 0 bridgehead atoms. The van der Waals surface area contributed by atoms with Gasteiger partial charge in [-0.15, -0.1) is 0 Å². The lowest BCUT2D eigenvalue weighted by atomic mass is 10.0. The van der Waals surface area contributed by atoms with Crippen molar-refractivity contribution in [3.05, 3.63) is 77.9 Å². The molecule has 0 N–H and O–H groups in total. The van der Waals surface area contributed by atoms with Crippen LogP contribution in [-0.4, -0.2) is 19.5 Å². The van der Waals surface area contributed by atoms with Crippen molar-refractivity contribution < 1.29 is 0 Å². The number of rotatable bonds is 4. The van der Waals surface area contributed by atoms with E-state index in [1.165, 1.54) is 5.56 Å². The van der Waals surface area contributed by atoms with Crippen LogP contribution >= 0.6 is 0 Å². The summed E-state index contributed by atoms with van der Waals surface area (Å²) in [5.74, 6) is 1.29.